The lowest BCUT2D eigenvalue weighted by Gasteiger charge is -2.11. The molecule has 0 saturated carbocycles. The Morgan fingerprint density at radius 2 is 2.17 bits per heavy atom. The van der Waals surface area contributed by atoms with Crippen molar-refractivity contribution in [2.45, 2.75) is 13.0 Å². The van der Waals surface area contributed by atoms with Crippen molar-refractivity contribution in [3.63, 3.8) is 0 Å². The van der Waals surface area contributed by atoms with Gasteiger partial charge in [-0.25, -0.2) is 0 Å². The summed E-state index contributed by atoms with van der Waals surface area (Å²) < 4.78 is 5.12. The minimum atomic E-state index is -0.586. The molecule has 0 amide bonds. The smallest absolute Gasteiger partial charge is 0.185 e. The molecule has 0 saturated heterocycles. The molecule has 0 aliphatic carbocycles. The van der Waals surface area contributed by atoms with Crippen LogP contribution in [0, 0.1) is 6.92 Å². The van der Waals surface area contributed by atoms with Gasteiger partial charge in [0.05, 0.1) is 7.11 Å². The lowest BCUT2D eigenvalue weighted by molar-refractivity contribution is 0.0962. The number of hydrogen-bond donors (Lipinski definition) is 1. The van der Waals surface area contributed by atoms with Gasteiger partial charge in [-0.05, 0) is 42.1 Å². The van der Waals surface area contributed by atoms with Crippen molar-refractivity contribution in [3.8, 4) is 5.75 Å². The van der Waals surface area contributed by atoms with E-state index in [1.807, 2.05) is 30.5 Å². The maximum atomic E-state index is 12.3. The second kappa shape index (κ2) is 5.33. The summed E-state index contributed by atoms with van der Waals surface area (Å²) in [6, 6.07) is 8.58. The van der Waals surface area contributed by atoms with Gasteiger partial charge in [-0.15, -0.1) is 11.3 Å². The second-order valence-electron chi connectivity index (χ2n) is 4.04. The predicted octanol–water partition coefficient (Wildman–Crippen LogP) is 2.95. The second-order valence-corrected chi connectivity index (χ2v) is 5.02. The number of thiophene rings is 1. The maximum absolute atomic E-state index is 12.3. The van der Waals surface area contributed by atoms with Gasteiger partial charge in [0.2, 0.25) is 0 Å². The standard InChI is InChI=1S/C14H15NO2S/c1-9-8-10(17-2)5-6-11(9)14(16)13(15)12-4-3-7-18-12/h3-8,13H,15H2,1-2H3. The van der Waals surface area contributed by atoms with Crippen LogP contribution in [0.5, 0.6) is 5.75 Å². The number of ether oxygens (including phenoxy) is 1. The van der Waals surface area contributed by atoms with Gasteiger partial charge in [0.1, 0.15) is 11.8 Å². The summed E-state index contributed by atoms with van der Waals surface area (Å²) in [4.78, 5) is 13.2. The summed E-state index contributed by atoms with van der Waals surface area (Å²) in [5.41, 5.74) is 7.51. The van der Waals surface area contributed by atoms with Crippen LogP contribution in [0.1, 0.15) is 26.8 Å². The third kappa shape index (κ3) is 2.44. The molecule has 4 heteroatoms. The van der Waals surface area contributed by atoms with Crippen molar-refractivity contribution >= 4 is 17.1 Å². The van der Waals surface area contributed by atoms with Crippen LogP contribution in [-0.2, 0) is 0 Å². The third-order valence-corrected chi connectivity index (χ3v) is 3.79. The predicted molar refractivity (Wildman–Crippen MR) is 73.3 cm³/mol. The largest absolute Gasteiger partial charge is 0.497 e. The fraction of sp³-hybridized carbons (Fsp3) is 0.214. The highest BCUT2D eigenvalue weighted by Gasteiger charge is 2.20. The highest BCUT2D eigenvalue weighted by molar-refractivity contribution is 7.10. The molecule has 1 aromatic heterocycles. The van der Waals surface area contributed by atoms with E-state index < -0.39 is 6.04 Å². The normalized spacial score (nSPS) is 12.2. The molecule has 1 unspecified atom stereocenters. The number of rotatable bonds is 4. The van der Waals surface area contributed by atoms with Crippen LogP contribution in [0.3, 0.4) is 0 Å². The molecule has 0 fully saturated rings. The summed E-state index contributed by atoms with van der Waals surface area (Å²) in [6.07, 6.45) is 0. The Hall–Kier alpha value is -1.65. The van der Waals surface area contributed by atoms with E-state index in [1.165, 1.54) is 11.3 Å². The number of aryl methyl sites for hydroxylation is 1. The number of Topliss-reactive ketones (excluding diaryl/α,β-unsaturated/α-hetero) is 1. The van der Waals surface area contributed by atoms with Gasteiger partial charge < -0.3 is 10.5 Å². The first-order valence-corrected chi connectivity index (χ1v) is 6.49. The lowest BCUT2D eigenvalue weighted by atomic mass is 9.99. The van der Waals surface area contributed by atoms with Crippen LogP contribution in [0.4, 0.5) is 0 Å². The highest BCUT2D eigenvalue weighted by Crippen LogP contribution is 2.24. The van der Waals surface area contributed by atoms with E-state index in [1.54, 1.807) is 19.2 Å². The van der Waals surface area contributed by atoms with Crippen molar-refractivity contribution < 1.29 is 9.53 Å². The zero-order chi connectivity index (χ0) is 13.1. The van der Waals surface area contributed by atoms with Crippen molar-refractivity contribution in [2.24, 2.45) is 5.73 Å². The van der Waals surface area contributed by atoms with Crippen LogP contribution < -0.4 is 10.5 Å². The van der Waals surface area contributed by atoms with E-state index in [4.69, 9.17) is 10.5 Å². The van der Waals surface area contributed by atoms with Crippen molar-refractivity contribution in [1.29, 1.82) is 0 Å². The molecule has 94 valence electrons. The van der Waals surface area contributed by atoms with Gasteiger partial charge in [-0.2, -0.15) is 0 Å². The monoisotopic (exact) mass is 261 g/mol. The number of carbonyl (C=O) groups is 1. The maximum Gasteiger partial charge on any atom is 0.185 e. The van der Waals surface area contributed by atoms with E-state index in [9.17, 15) is 4.79 Å². The van der Waals surface area contributed by atoms with Gasteiger partial charge in [-0.1, -0.05) is 6.07 Å². The Labute approximate surface area is 110 Å². The minimum absolute atomic E-state index is 0.0578. The molecule has 1 aromatic carbocycles. The van der Waals surface area contributed by atoms with E-state index in [0.717, 1.165) is 16.2 Å². The zero-order valence-electron chi connectivity index (χ0n) is 10.3. The molecule has 18 heavy (non-hydrogen) atoms. The summed E-state index contributed by atoms with van der Waals surface area (Å²) in [6.45, 7) is 1.89. The molecule has 2 rings (SSSR count). The first-order valence-electron chi connectivity index (χ1n) is 5.61. The molecular formula is C14H15NO2S. The molecule has 3 nitrogen and oxygen atoms in total. The lowest BCUT2D eigenvalue weighted by Crippen LogP contribution is -2.21. The number of hydrogen-bond acceptors (Lipinski definition) is 4. The molecular weight excluding hydrogens is 246 g/mol. The molecule has 2 N–H and O–H groups in total. The van der Waals surface area contributed by atoms with Crippen LogP contribution in [-0.4, -0.2) is 12.9 Å². The molecule has 0 aliphatic rings. The van der Waals surface area contributed by atoms with Gasteiger partial charge in [0.15, 0.2) is 5.78 Å². The number of nitrogens with two attached hydrogens (primary N) is 1. The SMILES string of the molecule is COc1ccc(C(=O)C(N)c2cccs2)c(C)c1. The minimum Gasteiger partial charge on any atom is -0.497 e. The third-order valence-electron chi connectivity index (χ3n) is 2.83. The van der Waals surface area contributed by atoms with Gasteiger partial charge in [0, 0.05) is 10.4 Å². The molecule has 0 aliphatic heterocycles. The Balaban J connectivity index is 2.29. The van der Waals surface area contributed by atoms with Crippen LogP contribution >= 0.6 is 11.3 Å². The van der Waals surface area contributed by atoms with Crippen molar-refractivity contribution in [1.82, 2.24) is 0 Å². The Kier molecular flexibility index (Phi) is 3.79. The van der Waals surface area contributed by atoms with E-state index in [-0.39, 0.29) is 5.78 Å². The fourth-order valence-corrected chi connectivity index (χ4v) is 2.53. The molecule has 2 aromatic rings. The fourth-order valence-electron chi connectivity index (χ4n) is 1.80. The van der Waals surface area contributed by atoms with Gasteiger partial charge in [-0.3, -0.25) is 4.79 Å². The highest BCUT2D eigenvalue weighted by atomic mass is 32.1. The molecule has 1 heterocycles. The first-order chi connectivity index (χ1) is 8.63. The first kappa shape index (κ1) is 12.8. The van der Waals surface area contributed by atoms with E-state index >= 15 is 0 Å². The Bertz CT molecular complexity index is 549. The van der Waals surface area contributed by atoms with Crippen LogP contribution in [0.2, 0.25) is 0 Å². The van der Waals surface area contributed by atoms with E-state index in [0.29, 0.717) is 5.56 Å². The molecule has 0 bridgehead atoms. The summed E-state index contributed by atoms with van der Waals surface area (Å²) >= 11 is 1.50. The number of benzene rings is 1. The summed E-state index contributed by atoms with van der Waals surface area (Å²) in [5, 5.41) is 1.92. The van der Waals surface area contributed by atoms with Crippen LogP contribution in [0.25, 0.3) is 0 Å². The summed E-state index contributed by atoms with van der Waals surface area (Å²) in [7, 11) is 1.60. The van der Waals surface area contributed by atoms with Gasteiger partial charge >= 0.3 is 0 Å². The average molecular weight is 261 g/mol. The Morgan fingerprint density at radius 3 is 2.72 bits per heavy atom. The Morgan fingerprint density at radius 1 is 1.39 bits per heavy atom. The number of ketones is 1. The molecule has 0 spiro atoms. The molecule has 0 radical (unpaired) electrons. The quantitative estimate of drug-likeness (QED) is 0.861. The summed E-state index contributed by atoms with van der Waals surface area (Å²) in [5.74, 6) is 0.686. The zero-order valence-corrected chi connectivity index (χ0v) is 11.2. The number of methoxy groups -OCH3 is 1. The molecule has 1 atom stereocenters. The average Bonchev–Trinajstić information content (AvgIpc) is 2.90. The van der Waals surface area contributed by atoms with Crippen LogP contribution in [0.15, 0.2) is 35.7 Å². The van der Waals surface area contributed by atoms with Crippen molar-refractivity contribution in [3.05, 3.63) is 51.7 Å². The number of carbonyl (C=O) groups excluding carboxylic acids is 1. The topological polar surface area (TPSA) is 52.3 Å². The van der Waals surface area contributed by atoms with E-state index in [2.05, 4.69) is 0 Å². The van der Waals surface area contributed by atoms with Gasteiger partial charge in [0.25, 0.3) is 0 Å². The van der Waals surface area contributed by atoms with Crippen molar-refractivity contribution in [2.75, 3.05) is 7.11 Å².